The fraction of sp³-hybridized carbons (Fsp3) is 0.385. The molecule has 17 heavy (non-hydrogen) atoms. The van der Waals surface area contributed by atoms with E-state index in [1.54, 1.807) is 0 Å². The first-order chi connectivity index (χ1) is 8.18. The Kier molecular flexibility index (Phi) is 2.40. The van der Waals surface area contributed by atoms with Crippen molar-refractivity contribution in [1.29, 1.82) is 0 Å². The van der Waals surface area contributed by atoms with Gasteiger partial charge in [-0.3, -0.25) is 5.10 Å². The molecule has 0 radical (unpaired) electrons. The molecule has 1 aliphatic rings. The summed E-state index contributed by atoms with van der Waals surface area (Å²) in [5.41, 5.74) is 2.82. The smallest absolute Gasteiger partial charge is 0.195 e. The van der Waals surface area contributed by atoms with Gasteiger partial charge in [-0.2, -0.15) is 5.10 Å². The van der Waals surface area contributed by atoms with Gasteiger partial charge in [0.25, 0.3) is 0 Å². The van der Waals surface area contributed by atoms with Gasteiger partial charge in [0.15, 0.2) is 4.77 Å². The van der Waals surface area contributed by atoms with Crippen LogP contribution in [0.4, 0.5) is 0 Å². The zero-order chi connectivity index (χ0) is 12.0. The highest BCUT2D eigenvalue weighted by Crippen LogP contribution is 2.39. The third-order valence-corrected chi connectivity index (χ3v) is 3.70. The molecule has 0 saturated carbocycles. The van der Waals surface area contributed by atoms with Crippen molar-refractivity contribution >= 4 is 12.2 Å². The van der Waals surface area contributed by atoms with Crippen LogP contribution in [0.5, 0.6) is 0 Å². The number of hydrogen-bond donors (Lipinski definition) is 1. The molecule has 0 saturated heterocycles. The number of H-pyrrole nitrogens is 1. The lowest BCUT2D eigenvalue weighted by Crippen LogP contribution is -2.22. The zero-order valence-corrected chi connectivity index (χ0v) is 10.8. The summed E-state index contributed by atoms with van der Waals surface area (Å²) in [7, 11) is 0. The van der Waals surface area contributed by atoms with E-state index in [2.05, 4.69) is 52.9 Å². The van der Waals surface area contributed by atoms with Crippen molar-refractivity contribution in [2.75, 3.05) is 0 Å². The molecule has 0 fully saturated rings. The Labute approximate surface area is 105 Å². The lowest BCUT2D eigenvalue weighted by molar-refractivity contribution is 0.525. The van der Waals surface area contributed by atoms with Gasteiger partial charge in [-0.25, -0.2) is 0 Å². The molecule has 1 aromatic carbocycles. The highest BCUT2D eigenvalue weighted by molar-refractivity contribution is 7.71. The quantitative estimate of drug-likeness (QED) is 0.824. The van der Waals surface area contributed by atoms with Crippen molar-refractivity contribution in [3.63, 3.8) is 0 Å². The van der Waals surface area contributed by atoms with Gasteiger partial charge in [-0.05, 0) is 43.6 Å². The largest absolute Gasteiger partial charge is 0.301 e. The molecule has 1 atom stereocenters. The molecule has 88 valence electrons. The second kappa shape index (κ2) is 3.81. The maximum atomic E-state index is 5.28. The van der Waals surface area contributed by atoms with E-state index in [0.29, 0.717) is 12.0 Å². The average Bonchev–Trinajstić information content (AvgIpc) is 2.62. The maximum absolute atomic E-state index is 5.28. The van der Waals surface area contributed by atoms with Crippen molar-refractivity contribution in [1.82, 2.24) is 14.8 Å². The first-order valence-corrected chi connectivity index (χ1v) is 6.34. The Morgan fingerprint density at radius 3 is 2.88 bits per heavy atom. The van der Waals surface area contributed by atoms with Crippen LogP contribution in [0.15, 0.2) is 24.3 Å². The van der Waals surface area contributed by atoms with Crippen LogP contribution in [0.1, 0.15) is 42.8 Å². The Balaban J connectivity index is 2.06. The number of fused-ring (bicyclic) bond motifs is 1. The van der Waals surface area contributed by atoms with Crippen LogP contribution in [0, 0.1) is 4.77 Å². The van der Waals surface area contributed by atoms with Gasteiger partial charge in [-0.1, -0.05) is 24.3 Å². The number of nitrogens with zero attached hydrogens (tertiary/aromatic N) is 2. The van der Waals surface area contributed by atoms with Crippen molar-refractivity contribution in [3.8, 4) is 0 Å². The average molecular weight is 245 g/mol. The maximum Gasteiger partial charge on any atom is 0.195 e. The monoisotopic (exact) mass is 245 g/mol. The second-order valence-electron chi connectivity index (χ2n) is 4.81. The van der Waals surface area contributed by atoms with Gasteiger partial charge < -0.3 is 4.57 Å². The van der Waals surface area contributed by atoms with E-state index >= 15 is 0 Å². The lowest BCUT2D eigenvalue weighted by Gasteiger charge is -2.30. The SMILES string of the molecule is CC(C)n1c(C2Cc3ccccc32)n[nH]c1=S. The predicted octanol–water partition coefficient (Wildman–Crippen LogP) is 3.21. The molecular formula is C13H15N3S. The molecule has 2 aromatic rings. The van der Waals surface area contributed by atoms with E-state index in [1.165, 1.54) is 11.1 Å². The van der Waals surface area contributed by atoms with E-state index < -0.39 is 0 Å². The fourth-order valence-corrected chi connectivity index (χ4v) is 2.90. The van der Waals surface area contributed by atoms with Gasteiger partial charge in [-0.15, -0.1) is 0 Å². The number of aromatic nitrogens is 3. The van der Waals surface area contributed by atoms with Gasteiger partial charge in [0, 0.05) is 12.0 Å². The molecule has 0 amide bonds. The molecule has 1 aliphatic carbocycles. The van der Waals surface area contributed by atoms with Crippen LogP contribution in [0.2, 0.25) is 0 Å². The normalized spacial score (nSPS) is 17.9. The summed E-state index contributed by atoms with van der Waals surface area (Å²) in [6, 6.07) is 8.91. The Bertz CT molecular complexity index is 609. The fourth-order valence-electron chi connectivity index (χ4n) is 2.55. The van der Waals surface area contributed by atoms with Crippen molar-refractivity contribution in [2.24, 2.45) is 0 Å². The zero-order valence-electron chi connectivity index (χ0n) is 9.97. The molecule has 1 heterocycles. The third kappa shape index (κ3) is 1.55. The van der Waals surface area contributed by atoms with E-state index in [1.807, 2.05) is 0 Å². The topological polar surface area (TPSA) is 33.6 Å². The molecular weight excluding hydrogens is 230 g/mol. The van der Waals surface area contributed by atoms with Crippen LogP contribution in [0.25, 0.3) is 0 Å². The number of rotatable bonds is 2. The first-order valence-electron chi connectivity index (χ1n) is 5.93. The molecule has 0 aliphatic heterocycles. The Morgan fingerprint density at radius 2 is 2.18 bits per heavy atom. The van der Waals surface area contributed by atoms with E-state index in [4.69, 9.17) is 12.2 Å². The molecule has 0 bridgehead atoms. The molecule has 3 rings (SSSR count). The molecule has 1 unspecified atom stereocenters. The minimum atomic E-state index is 0.351. The van der Waals surface area contributed by atoms with Gasteiger partial charge >= 0.3 is 0 Å². The summed E-state index contributed by atoms with van der Waals surface area (Å²) in [6.07, 6.45) is 1.07. The van der Waals surface area contributed by atoms with Crippen LogP contribution in [0.3, 0.4) is 0 Å². The van der Waals surface area contributed by atoms with E-state index in [0.717, 1.165) is 17.0 Å². The summed E-state index contributed by atoms with van der Waals surface area (Å²) in [5.74, 6) is 1.48. The number of benzene rings is 1. The highest BCUT2D eigenvalue weighted by atomic mass is 32.1. The Morgan fingerprint density at radius 1 is 1.41 bits per heavy atom. The number of hydrogen-bond acceptors (Lipinski definition) is 2. The van der Waals surface area contributed by atoms with Crippen LogP contribution in [-0.4, -0.2) is 14.8 Å². The van der Waals surface area contributed by atoms with Gasteiger partial charge in [0.1, 0.15) is 5.82 Å². The summed E-state index contributed by atoms with van der Waals surface area (Å²) in [6.45, 7) is 4.28. The van der Waals surface area contributed by atoms with Gasteiger partial charge in [0.05, 0.1) is 0 Å². The first kappa shape index (κ1) is 10.7. The third-order valence-electron chi connectivity index (χ3n) is 3.41. The summed E-state index contributed by atoms with van der Waals surface area (Å²) in [4.78, 5) is 0. The Hall–Kier alpha value is -1.42. The summed E-state index contributed by atoms with van der Waals surface area (Å²) >= 11 is 5.28. The van der Waals surface area contributed by atoms with E-state index in [9.17, 15) is 0 Å². The van der Waals surface area contributed by atoms with Crippen molar-refractivity contribution in [2.45, 2.75) is 32.2 Å². The predicted molar refractivity (Wildman–Crippen MR) is 69.8 cm³/mol. The van der Waals surface area contributed by atoms with Crippen molar-refractivity contribution in [3.05, 3.63) is 46.0 Å². The molecule has 1 aromatic heterocycles. The minimum Gasteiger partial charge on any atom is -0.301 e. The summed E-state index contributed by atoms with van der Waals surface area (Å²) < 4.78 is 2.84. The molecule has 3 nitrogen and oxygen atoms in total. The minimum absolute atomic E-state index is 0.351. The lowest BCUT2D eigenvalue weighted by atomic mass is 9.77. The van der Waals surface area contributed by atoms with Crippen molar-refractivity contribution < 1.29 is 0 Å². The molecule has 0 spiro atoms. The second-order valence-corrected chi connectivity index (χ2v) is 5.19. The van der Waals surface area contributed by atoms with Crippen LogP contribution in [-0.2, 0) is 6.42 Å². The summed E-state index contributed by atoms with van der Waals surface area (Å²) in [5, 5.41) is 7.32. The van der Waals surface area contributed by atoms with Crippen LogP contribution >= 0.6 is 12.2 Å². The highest BCUT2D eigenvalue weighted by Gasteiger charge is 2.31. The number of aromatic amines is 1. The van der Waals surface area contributed by atoms with Crippen LogP contribution < -0.4 is 0 Å². The number of nitrogens with one attached hydrogen (secondary N) is 1. The molecule has 4 heteroatoms. The van der Waals surface area contributed by atoms with E-state index in [-0.39, 0.29) is 0 Å². The molecule has 1 N–H and O–H groups in total. The standard InChI is InChI=1S/C13H15N3S/c1-8(2)16-12(14-15-13(16)17)11-7-9-5-3-4-6-10(9)11/h3-6,8,11H,7H2,1-2H3,(H,15,17). The van der Waals surface area contributed by atoms with Gasteiger partial charge in [0.2, 0.25) is 0 Å².